The number of ether oxygens (including phenoxy) is 2. The van der Waals surface area contributed by atoms with Gasteiger partial charge in [0.1, 0.15) is 0 Å². The zero-order valence-corrected chi connectivity index (χ0v) is 14.7. The van der Waals surface area contributed by atoms with Crippen molar-refractivity contribution in [3.05, 3.63) is 29.8 Å². The molecule has 0 fully saturated rings. The van der Waals surface area contributed by atoms with Crippen molar-refractivity contribution in [1.29, 1.82) is 0 Å². The Hall–Kier alpha value is -1.06. The third-order valence-electron chi connectivity index (χ3n) is 3.27. The van der Waals surface area contributed by atoms with Gasteiger partial charge in [-0.2, -0.15) is 0 Å². The first-order chi connectivity index (χ1) is 9.65. The molecule has 120 valence electrons. The Balaban J connectivity index is 3.02. The maximum Gasteiger partial charge on any atom is 0.0744 e. The topological polar surface area (TPSA) is 21.7 Å². The van der Waals surface area contributed by atoms with E-state index in [-0.39, 0.29) is 11.1 Å². The van der Waals surface area contributed by atoms with Crippen molar-refractivity contribution in [3.8, 4) is 0 Å². The van der Waals surface area contributed by atoms with E-state index < -0.39 is 0 Å². The van der Waals surface area contributed by atoms with Crippen LogP contribution >= 0.6 is 0 Å². The second-order valence-corrected chi connectivity index (χ2v) is 7.35. The van der Waals surface area contributed by atoms with Crippen molar-refractivity contribution in [3.63, 3.8) is 0 Å². The van der Waals surface area contributed by atoms with Crippen LogP contribution in [-0.2, 0) is 16.1 Å². The van der Waals surface area contributed by atoms with E-state index >= 15 is 0 Å². The number of benzene rings is 1. The lowest BCUT2D eigenvalue weighted by Crippen LogP contribution is -2.44. The molecule has 0 saturated heterocycles. The monoisotopic (exact) mass is 293 g/mol. The minimum atomic E-state index is -0.133. The summed E-state index contributed by atoms with van der Waals surface area (Å²) in [6.45, 7) is 15.1. The SMILES string of the molecule is COCCN(c1ccccc1COC(C)(C)C)C(C)(C)C. The molecule has 1 aromatic carbocycles. The Morgan fingerprint density at radius 3 is 2.14 bits per heavy atom. The minimum Gasteiger partial charge on any atom is -0.383 e. The number of anilines is 1. The van der Waals surface area contributed by atoms with Gasteiger partial charge < -0.3 is 14.4 Å². The Kier molecular flexibility index (Phi) is 6.24. The van der Waals surface area contributed by atoms with Gasteiger partial charge in [-0.3, -0.25) is 0 Å². The molecule has 0 aromatic heterocycles. The number of para-hydroxylation sites is 1. The van der Waals surface area contributed by atoms with Crippen molar-refractivity contribution in [2.24, 2.45) is 0 Å². The molecular weight excluding hydrogens is 262 g/mol. The van der Waals surface area contributed by atoms with E-state index in [1.807, 2.05) is 0 Å². The zero-order valence-electron chi connectivity index (χ0n) is 14.7. The van der Waals surface area contributed by atoms with Crippen LogP contribution in [0.5, 0.6) is 0 Å². The van der Waals surface area contributed by atoms with Crippen molar-refractivity contribution >= 4 is 5.69 Å². The van der Waals surface area contributed by atoms with Gasteiger partial charge in [0.15, 0.2) is 0 Å². The highest BCUT2D eigenvalue weighted by molar-refractivity contribution is 5.55. The lowest BCUT2D eigenvalue weighted by molar-refractivity contribution is -0.0148. The molecule has 0 heterocycles. The fourth-order valence-electron chi connectivity index (χ4n) is 2.19. The van der Waals surface area contributed by atoms with Gasteiger partial charge in [-0.15, -0.1) is 0 Å². The van der Waals surface area contributed by atoms with E-state index in [0.29, 0.717) is 13.2 Å². The fraction of sp³-hybridized carbons (Fsp3) is 0.667. The molecule has 0 aliphatic carbocycles. The van der Waals surface area contributed by atoms with Gasteiger partial charge in [-0.05, 0) is 47.6 Å². The Morgan fingerprint density at radius 2 is 1.62 bits per heavy atom. The smallest absolute Gasteiger partial charge is 0.0744 e. The van der Waals surface area contributed by atoms with Crippen LogP contribution < -0.4 is 4.90 Å². The normalized spacial score (nSPS) is 12.5. The lowest BCUT2D eigenvalue weighted by Gasteiger charge is -2.39. The predicted octanol–water partition coefficient (Wildman–Crippen LogP) is 4.25. The molecule has 21 heavy (non-hydrogen) atoms. The standard InChI is InChI=1S/C18H31NO2/c1-17(2,3)19(12-13-20-7)16-11-9-8-10-15(16)14-21-18(4,5)6/h8-11H,12-14H2,1-7H3. The summed E-state index contributed by atoms with van der Waals surface area (Å²) < 4.78 is 11.2. The Morgan fingerprint density at radius 1 is 1.00 bits per heavy atom. The highest BCUT2D eigenvalue weighted by atomic mass is 16.5. The molecule has 1 rings (SSSR count). The van der Waals surface area contributed by atoms with Crippen LogP contribution in [0.25, 0.3) is 0 Å². The molecule has 0 N–H and O–H groups in total. The molecule has 0 unspecified atom stereocenters. The van der Waals surface area contributed by atoms with Crippen LogP contribution in [0.2, 0.25) is 0 Å². The van der Waals surface area contributed by atoms with Gasteiger partial charge in [-0.1, -0.05) is 18.2 Å². The average Bonchev–Trinajstić information content (AvgIpc) is 2.35. The third-order valence-corrected chi connectivity index (χ3v) is 3.27. The van der Waals surface area contributed by atoms with E-state index in [9.17, 15) is 0 Å². The van der Waals surface area contributed by atoms with Crippen molar-refractivity contribution in [1.82, 2.24) is 0 Å². The summed E-state index contributed by atoms with van der Waals surface area (Å²) in [5, 5.41) is 0. The number of hydrogen-bond donors (Lipinski definition) is 0. The molecule has 3 heteroatoms. The van der Waals surface area contributed by atoms with Gasteiger partial charge in [0.2, 0.25) is 0 Å². The minimum absolute atomic E-state index is 0.0381. The number of rotatable bonds is 6. The summed E-state index contributed by atoms with van der Waals surface area (Å²) in [7, 11) is 1.75. The molecular formula is C18H31NO2. The Labute approximate surface area is 130 Å². The van der Waals surface area contributed by atoms with Crippen LogP contribution in [0.15, 0.2) is 24.3 Å². The van der Waals surface area contributed by atoms with Crippen LogP contribution in [0, 0.1) is 0 Å². The highest BCUT2D eigenvalue weighted by Crippen LogP contribution is 2.28. The van der Waals surface area contributed by atoms with E-state index in [4.69, 9.17) is 9.47 Å². The van der Waals surface area contributed by atoms with E-state index in [1.54, 1.807) is 7.11 Å². The van der Waals surface area contributed by atoms with E-state index in [0.717, 1.165) is 6.54 Å². The third kappa shape index (κ3) is 6.06. The summed E-state index contributed by atoms with van der Waals surface area (Å²) in [4.78, 5) is 2.39. The molecule has 0 saturated carbocycles. The molecule has 0 radical (unpaired) electrons. The first-order valence-electron chi connectivity index (χ1n) is 7.63. The van der Waals surface area contributed by atoms with Crippen molar-refractivity contribution < 1.29 is 9.47 Å². The molecule has 0 amide bonds. The predicted molar refractivity (Wildman–Crippen MR) is 90.0 cm³/mol. The summed E-state index contributed by atoms with van der Waals surface area (Å²) in [5.74, 6) is 0. The van der Waals surface area contributed by atoms with E-state index in [1.165, 1.54) is 11.3 Å². The second-order valence-electron chi connectivity index (χ2n) is 7.35. The van der Waals surface area contributed by atoms with Gasteiger partial charge in [-0.25, -0.2) is 0 Å². The number of hydrogen-bond acceptors (Lipinski definition) is 3. The molecule has 0 aliphatic heterocycles. The first-order valence-corrected chi connectivity index (χ1v) is 7.63. The maximum absolute atomic E-state index is 5.97. The van der Waals surface area contributed by atoms with Crippen molar-refractivity contribution in [2.45, 2.75) is 59.3 Å². The molecule has 0 spiro atoms. The molecule has 3 nitrogen and oxygen atoms in total. The first kappa shape index (κ1) is 18.0. The van der Waals surface area contributed by atoms with Gasteiger partial charge >= 0.3 is 0 Å². The van der Waals surface area contributed by atoms with Gasteiger partial charge in [0.05, 0.1) is 18.8 Å². The van der Waals surface area contributed by atoms with Crippen LogP contribution in [0.1, 0.15) is 47.1 Å². The van der Waals surface area contributed by atoms with Crippen LogP contribution in [-0.4, -0.2) is 31.4 Å². The average molecular weight is 293 g/mol. The molecule has 0 aliphatic rings. The van der Waals surface area contributed by atoms with Crippen LogP contribution in [0.4, 0.5) is 5.69 Å². The zero-order chi connectivity index (χ0) is 16.1. The molecule has 1 aromatic rings. The fourth-order valence-corrected chi connectivity index (χ4v) is 2.19. The second kappa shape index (κ2) is 7.28. The van der Waals surface area contributed by atoms with E-state index in [2.05, 4.69) is 70.7 Å². The van der Waals surface area contributed by atoms with Crippen LogP contribution in [0.3, 0.4) is 0 Å². The van der Waals surface area contributed by atoms with Gasteiger partial charge in [0, 0.05) is 30.4 Å². The number of nitrogens with zero attached hydrogens (tertiary/aromatic N) is 1. The molecule has 0 atom stereocenters. The largest absolute Gasteiger partial charge is 0.383 e. The quantitative estimate of drug-likeness (QED) is 0.782. The lowest BCUT2D eigenvalue weighted by atomic mass is 10.0. The molecule has 0 bridgehead atoms. The maximum atomic E-state index is 5.97. The number of methoxy groups -OCH3 is 1. The van der Waals surface area contributed by atoms with Gasteiger partial charge in [0.25, 0.3) is 0 Å². The summed E-state index contributed by atoms with van der Waals surface area (Å²) in [6, 6.07) is 8.47. The summed E-state index contributed by atoms with van der Waals surface area (Å²) >= 11 is 0. The summed E-state index contributed by atoms with van der Waals surface area (Å²) in [5.41, 5.74) is 2.35. The van der Waals surface area contributed by atoms with Crippen molar-refractivity contribution in [2.75, 3.05) is 25.2 Å². The Bertz CT molecular complexity index is 430. The highest BCUT2D eigenvalue weighted by Gasteiger charge is 2.23. The summed E-state index contributed by atoms with van der Waals surface area (Å²) in [6.07, 6.45) is 0.